The van der Waals surface area contributed by atoms with E-state index in [-0.39, 0.29) is 18.0 Å². The topological polar surface area (TPSA) is 44.6 Å². The first-order valence-corrected chi connectivity index (χ1v) is 8.98. The zero-order chi connectivity index (χ0) is 17.8. The van der Waals surface area contributed by atoms with Gasteiger partial charge in [0.15, 0.2) is 0 Å². The van der Waals surface area contributed by atoms with Crippen molar-refractivity contribution < 1.29 is 5.21 Å². The second-order valence-electron chi connectivity index (χ2n) is 6.70. The summed E-state index contributed by atoms with van der Waals surface area (Å²) in [6.45, 7) is 0. The van der Waals surface area contributed by atoms with E-state index in [0.717, 1.165) is 11.3 Å². The van der Waals surface area contributed by atoms with Crippen LogP contribution in [0.1, 0.15) is 41.1 Å². The smallest absolute Gasteiger partial charge is 0.0683 e. The molecular formula is C23H22N2O. The van der Waals surface area contributed by atoms with Crippen LogP contribution in [0.3, 0.4) is 0 Å². The summed E-state index contributed by atoms with van der Waals surface area (Å²) in [5, 5.41) is 17.4. The van der Waals surface area contributed by atoms with Gasteiger partial charge in [-0.05, 0) is 16.7 Å². The third-order valence-corrected chi connectivity index (χ3v) is 5.13. The van der Waals surface area contributed by atoms with Gasteiger partial charge in [-0.1, -0.05) is 96.2 Å². The van der Waals surface area contributed by atoms with Crippen LogP contribution in [-0.4, -0.2) is 10.9 Å². The number of nitrogens with one attached hydrogen (secondary N) is 1. The van der Waals surface area contributed by atoms with Gasteiger partial charge in [-0.15, -0.1) is 0 Å². The van der Waals surface area contributed by atoms with Crippen molar-refractivity contribution in [3.8, 4) is 0 Å². The number of oxime groups is 1. The third-order valence-electron chi connectivity index (χ3n) is 5.13. The molecule has 1 heterocycles. The minimum Gasteiger partial charge on any atom is -0.411 e. The molecule has 1 saturated heterocycles. The minimum atomic E-state index is 0.00330. The number of piperidine rings is 1. The van der Waals surface area contributed by atoms with Gasteiger partial charge in [0.1, 0.15) is 0 Å². The van der Waals surface area contributed by atoms with Gasteiger partial charge >= 0.3 is 0 Å². The Balaban J connectivity index is 1.78. The molecule has 0 spiro atoms. The predicted molar refractivity (Wildman–Crippen MR) is 105 cm³/mol. The van der Waals surface area contributed by atoms with E-state index < -0.39 is 0 Å². The summed E-state index contributed by atoms with van der Waals surface area (Å²) in [5.41, 5.74) is 4.38. The molecule has 26 heavy (non-hydrogen) atoms. The molecule has 1 aliphatic rings. The zero-order valence-electron chi connectivity index (χ0n) is 14.5. The van der Waals surface area contributed by atoms with Crippen LogP contribution in [-0.2, 0) is 0 Å². The van der Waals surface area contributed by atoms with Crippen LogP contribution < -0.4 is 5.32 Å². The van der Waals surface area contributed by atoms with E-state index in [1.54, 1.807) is 0 Å². The summed E-state index contributed by atoms with van der Waals surface area (Å²) < 4.78 is 0. The molecule has 0 bridgehead atoms. The van der Waals surface area contributed by atoms with Crippen molar-refractivity contribution in [2.75, 3.05) is 0 Å². The van der Waals surface area contributed by atoms with E-state index >= 15 is 0 Å². The minimum absolute atomic E-state index is 0.00330. The predicted octanol–water partition coefficient (Wildman–Crippen LogP) is 5.08. The highest BCUT2D eigenvalue weighted by molar-refractivity contribution is 5.93. The van der Waals surface area contributed by atoms with Crippen LogP contribution in [0.2, 0.25) is 0 Å². The Morgan fingerprint density at radius 3 is 1.73 bits per heavy atom. The summed E-state index contributed by atoms with van der Waals surface area (Å²) in [7, 11) is 0. The SMILES string of the molecule is O/N=C1/C[C@H](c2ccccc2)N[C@@H](c2ccccc2)[C@H]1c1ccccc1. The van der Waals surface area contributed by atoms with Gasteiger partial charge < -0.3 is 10.5 Å². The van der Waals surface area contributed by atoms with Crippen molar-refractivity contribution in [1.29, 1.82) is 0 Å². The number of rotatable bonds is 3. The molecule has 0 amide bonds. The maximum atomic E-state index is 9.81. The molecule has 3 heteroatoms. The fraction of sp³-hybridized carbons (Fsp3) is 0.174. The summed E-state index contributed by atoms with van der Waals surface area (Å²) in [5.74, 6) is 0.00330. The fourth-order valence-electron chi connectivity index (χ4n) is 3.90. The Morgan fingerprint density at radius 2 is 1.19 bits per heavy atom. The van der Waals surface area contributed by atoms with Gasteiger partial charge in [0.2, 0.25) is 0 Å². The first-order valence-electron chi connectivity index (χ1n) is 8.98. The Bertz CT molecular complexity index is 862. The van der Waals surface area contributed by atoms with E-state index in [9.17, 15) is 5.21 Å². The number of benzene rings is 3. The highest BCUT2D eigenvalue weighted by Gasteiger charge is 2.37. The molecule has 1 fully saturated rings. The number of nitrogens with zero attached hydrogens (tertiary/aromatic N) is 1. The molecule has 0 aromatic heterocycles. The molecule has 3 aromatic carbocycles. The molecule has 0 aliphatic carbocycles. The molecule has 130 valence electrons. The third kappa shape index (κ3) is 3.26. The average Bonchev–Trinajstić information content (AvgIpc) is 2.74. The van der Waals surface area contributed by atoms with Gasteiger partial charge in [0, 0.05) is 24.4 Å². The van der Waals surface area contributed by atoms with Crippen molar-refractivity contribution in [3.05, 3.63) is 108 Å². The van der Waals surface area contributed by atoms with E-state index in [1.165, 1.54) is 11.1 Å². The lowest BCUT2D eigenvalue weighted by Gasteiger charge is -2.39. The van der Waals surface area contributed by atoms with Crippen molar-refractivity contribution >= 4 is 5.71 Å². The Hall–Kier alpha value is -2.91. The van der Waals surface area contributed by atoms with Crippen molar-refractivity contribution in [3.63, 3.8) is 0 Å². The lowest BCUT2D eigenvalue weighted by molar-refractivity contribution is 0.302. The Kier molecular flexibility index (Phi) is 4.80. The standard InChI is InChI=1S/C23H22N2O/c26-25-21-16-20(17-10-4-1-5-11-17)24-23(19-14-8-3-9-15-19)22(21)18-12-6-2-7-13-18/h1-15,20,22-24,26H,16H2/b25-21-/t20-,22+,23+/m1/s1. The van der Waals surface area contributed by atoms with Crippen LogP contribution >= 0.6 is 0 Å². The van der Waals surface area contributed by atoms with Gasteiger partial charge in [0.05, 0.1) is 5.71 Å². The highest BCUT2D eigenvalue weighted by atomic mass is 16.4. The maximum absolute atomic E-state index is 9.81. The zero-order valence-corrected chi connectivity index (χ0v) is 14.5. The van der Waals surface area contributed by atoms with Crippen molar-refractivity contribution in [1.82, 2.24) is 5.32 Å². The second kappa shape index (κ2) is 7.54. The van der Waals surface area contributed by atoms with Crippen LogP contribution in [0.5, 0.6) is 0 Å². The average molecular weight is 342 g/mol. The lowest BCUT2D eigenvalue weighted by atomic mass is 9.77. The number of hydrogen-bond acceptors (Lipinski definition) is 3. The first-order chi connectivity index (χ1) is 12.9. The van der Waals surface area contributed by atoms with E-state index in [4.69, 9.17) is 0 Å². The quantitative estimate of drug-likeness (QED) is 0.515. The maximum Gasteiger partial charge on any atom is 0.0683 e. The van der Waals surface area contributed by atoms with Crippen LogP contribution in [0.4, 0.5) is 0 Å². The van der Waals surface area contributed by atoms with Crippen LogP contribution in [0, 0.1) is 0 Å². The molecule has 0 unspecified atom stereocenters. The van der Waals surface area contributed by atoms with Crippen molar-refractivity contribution in [2.45, 2.75) is 24.4 Å². The van der Waals surface area contributed by atoms with Gasteiger partial charge in [-0.2, -0.15) is 0 Å². The fourth-order valence-corrected chi connectivity index (χ4v) is 3.90. The highest BCUT2D eigenvalue weighted by Crippen LogP contribution is 2.41. The summed E-state index contributed by atoms with van der Waals surface area (Å²) in [4.78, 5) is 0. The first kappa shape index (κ1) is 16.6. The molecule has 0 radical (unpaired) electrons. The molecule has 1 aliphatic heterocycles. The summed E-state index contributed by atoms with van der Waals surface area (Å²) >= 11 is 0. The van der Waals surface area contributed by atoms with Gasteiger partial charge in [-0.3, -0.25) is 0 Å². The van der Waals surface area contributed by atoms with E-state index in [2.05, 4.69) is 59.0 Å². The van der Waals surface area contributed by atoms with Crippen molar-refractivity contribution in [2.24, 2.45) is 5.16 Å². The Labute approximate surface area is 154 Å². The van der Waals surface area contributed by atoms with Crippen LogP contribution in [0.25, 0.3) is 0 Å². The summed E-state index contributed by atoms with van der Waals surface area (Å²) in [6, 6.07) is 31.2. The second-order valence-corrected chi connectivity index (χ2v) is 6.70. The van der Waals surface area contributed by atoms with E-state index in [0.29, 0.717) is 6.42 Å². The van der Waals surface area contributed by atoms with Crippen LogP contribution in [0.15, 0.2) is 96.2 Å². The lowest BCUT2D eigenvalue weighted by Crippen LogP contribution is -2.41. The van der Waals surface area contributed by atoms with Gasteiger partial charge in [0.25, 0.3) is 0 Å². The van der Waals surface area contributed by atoms with E-state index in [1.807, 2.05) is 42.5 Å². The van der Waals surface area contributed by atoms with Gasteiger partial charge in [-0.25, -0.2) is 0 Å². The molecular weight excluding hydrogens is 320 g/mol. The molecule has 3 atom stereocenters. The monoisotopic (exact) mass is 342 g/mol. The Morgan fingerprint density at radius 1 is 0.692 bits per heavy atom. The summed E-state index contributed by atoms with van der Waals surface area (Å²) in [6.07, 6.45) is 0.684. The molecule has 0 saturated carbocycles. The number of hydrogen-bond donors (Lipinski definition) is 2. The molecule has 3 aromatic rings. The molecule has 2 N–H and O–H groups in total. The molecule has 4 rings (SSSR count). The molecule has 3 nitrogen and oxygen atoms in total. The largest absolute Gasteiger partial charge is 0.411 e. The normalized spacial score (nSPS) is 24.5.